The summed E-state index contributed by atoms with van der Waals surface area (Å²) < 4.78 is 23.2. The van der Waals surface area contributed by atoms with Gasteiger partial charge in [0.15, 0.2) is 9.84 Å². The maximum absolute atomic E-state index is 11.6. The second-order valence-electron chi connectivity index (χ2n) is 3.21. The van der Waals surface area contributed by atoms with Gasteiger partial charge in [-0.2, -0.15) is 0 Å². The molecule has 15 heavy (non-hydrogen) atoms. The molecule has 2 N–H and O–H groups in total. The van der Waals surface area contributed by atoms with Crippen molar-refractivity contribution in [2.75, 3.05) is 5.75 Å². The first-order valence-corrected chi connectivity index (χ1v) is 6.25. The molecule has 0 spiro atoms. The molecule has 0 heterocycles. The standard InChI is InChI=1S/C10H13NO3S/c1-2-7-15(13,14)9-5-3-8(4-6-9)10(11)12/h3-6H,2,7H2,1H3,(H2,11,12). The molecule has 0 unspecified atom stereocenters. The van der Waals surface area contributed by atoms with Crippen LogP contribution in [0.1, 0.15) is 23.7 Å². The van der Waals surface area contributed by atoms with E-state index in [1.807, 2.05) is 0 Å². The molecule has 0 aromatic heterocycles. The number of carbonyl (C=O) groups excluding carboxylic acids is 1. The molecule has 0 radical (unpaired) electrons. The van der Waals surface area contributed by atoms with Crippen LogP contribution in [0.25, 0.3) is 0 Å². The van der Waals surface area contributed by atoms with Gasteiger partial charge in [-0.15, -0.1) is 0 Å². The zero-order valence-corrected chi connectivity index (χ0v) is 9.25. The van der Waals surface area contributed by atoms with Crippen LogP contribution in [0.2, 0.25) is 0 Å². The second kappa shape index (κ2) is 4.44. The van der Waals surface area contributed by atoms with Crippen LogP contribution < -0.4 is 5.73 Å². The van der Waals surface area contributed by atoms with Crippen LogP contribution in [0.15, 0.2) is 29.2 Å². The minimum atomic E-state index is -3.20. The van der Waals surface area contributed by atoms with Crippen molar-refractivity contribution in [3.8, 4) is 0 Å². The third-order valence-electron chi connectivity index (χ3n) is 1.97. The van der Waals surface area contributed by atoms with Gasteiger partial charge >= 0.3 is 0 Å². The molecular weight excluding hydrogens is 214 g/mol. The molecule has 0 fully saturated rings. The van der Waals surface area contributed by atoms with E-state index in [2.05, 4.69) is 0 Å². The molecular formula is C10H13NO3S. The van der Waals surface area contributed by atoms with E-state index in [1.54, 1.807) is 6.92 Å². The summed E-state index contributed by atoms with van der Waals surface area (Å²) in [5.41, 5.74) is 5.35. The average Bonchev–Trinajstić information content (AvgIpc) is 2.18. The summed E-state index contributed by atoms with van der Waals surface area (Å²) in [4.78, 5) is 11.0. The van der Waals surface area contributed by atoms with Crippen LogP contribution in [0.4, 0.5) is 0 Å². The fourth-order valence-corrected chi connectivity index (χ4v) is 2.54. The van der Waals surface area contributed by atoms with Crippen molar-refractivity contribution >= 4 is 15.7 Å². The van der Waals surface area contributed by atoms with Gasteiger partial charge in [-0.25, -0.2) is 8.42 Å². The number of amides is 1. The number of hydrogen-bond donors (Lipinski definition) is 1. The SMILES string of the molecule is CCCS(=O)(=O)c1ccc(C(N)=O)cc1. The monoisotopic (exact) mass is 227 g/mol. The summed E-state index contributed by atoms with van der Waals surface area (Å²) in [7, 11) is -3.20. The Balaban J connectivity index is 3.04. The largest absolute Gasteiger partial charge is 0.366 e. The van der Waals surface area contributed by atoms with Gasteiger partial charge in [0.05, 0.1) is 10.6 Å². The summed E-state index contributed by atoms with van der Waals surface area (Å²) >= 11 is 0. The molecule has 82 valence electrons. The van der Waals surface area contributed by atoms with Crippen molar-refractivity contribution in [1.82, 2.24) is 0 Å². The molecule has 0 saturated carbocycles. The third kappa shape index (κ3) is 2.79. The highest BCUT2D eigenvalue weighted by molar-refractivity contribution is 7.91. The van der Waals surface area contributed by atoms with E-state index >= 15 is 0 Å². The van der Waals surface area contributed by atoms with Gasteiger partial charge < -0.3 is 5.73 Å². The zero-order valence-electron chi connectivity index (χ0n) is 8.43. The number of carbonyl (C=O) groups is 1. The predicted molar refractivity (Wildman–Crippen MR) is 57.3 cm³/mol. The van der Waals surface area contributed by atoms with E-state index < -0.39 is 15.7 Å². The Hall–Kier alpha value is -1.36. The normalized spacial score (nSPS) is 11.3. The molecule has 1 aromatic rings. The molecule has 0 aliphatic rings. The number of rotatable bonds is 4. The molecule has 0 bridgehead atoms. The lowest BCUT2D eigenvalue weighted by Crippen LogP contribution is -2.11. The summed E-state index contributed by atoms with van der Waals surface area (Å²) in [6.07, 6.45) is 0.569. The molecule has 0 aliphatic carbocycles. The van der Waals surface area contributed by atoms with Gasteiger partial charge in [0.2, 0.25) is 5.91 Å². The van der Waals surface area contributed by atoms with Crippen LogP contribution in [-0.4, -0.2) is 20.1 Å². The van der Waals surface area contributed by atoms with E-state index in [4.69, 9.17) is 5.73 Å². The first-order valence-electron chi connectivity index (χ1n) is 4.60. The van der Waals surface area contributed by atoms with Crippen LogP contribution in [0, 0.1) is 0 Å². The Labute approximate surface area is 89.0 Å². The minimum absolute atomic E-state index is 0.114. The second-order valence-corrected chi connectivity index (χ2v) is 5.32. The van der Waals surface area contributed by atoms with Gasteiger partial charge in [0.25, 0.3) is 0 Å². The lowest BCUT2D eigenvalue weighted by atomic mass is 10.2. The topological polar surface area (TPSA) is 77.2 Å². The number of hydrogen-bond acceptors (Lipinski definition) is 3. The maximum atomic E-state index is 11.6. The summed E-state index contributed by atoms with van der Waals surface area (Å²) in [5.74, 6) is -0.447. The van der Waals surface area contributed by atoms with E-state index in [0.717, 1.165) is 0 Å². The molecule has 1 amide bonds. The Morgan fingerprint density at radius 2 is 1.80 bits per heavy atom. The summed E-state index contributed by atoms with van der Waals surface area (Å²) in [5, 5.41) is 0. The molecule has 0 saturated heterocycles. The van der Waals surface area contributed by atoms with Gasteiger partial charge in [-0.3, -0.25) is 4.79 Å². The third-order valence-corrected chi connectivity index (χ3v) is 3.91. The minimum Gasteiger partial charge on any atom is -0.366 e. The molecule has 0 atom stereocenters. The quantitative estimate of drug-likeness (QED) is 0.832. The van der Waals surface area contributed by atoms with Gasteiger partial charge in [-0.1, -0.05) is 6.92 Å². The van der Waals surface area contributed by atoms with Crippen LogP contribution in [0.3, 0.4) is 0 Å². The highest BCUT2D eigenvalue weighted by atomic mass is 32.2. The highest BCUT2D eigenvalue weighted by Gasteiger charge is 2.12. The van der Waals surface area contributed by atoms with Crippen molar-refractivity contribution in [2.45, 2.75) is 18.2 Å². The van der Waals surface area contributed by atoms with E-state index in [-0.39, 0.29) is 10.6 Å². The Morgan fingerprint density at radius 1 is 1.27 bits per heavy atom. The first kappa shape index (κ1) is 11.7. The average molecular weight is 227 g/mol. The Bertz CT molecular complexity index is 448. The Kier molecular flexibility index (Phi) is 3.47. The fourth-order valence-electron chi connectivity index (χ4n) is 1.21. The van der Waals surface area contributed by atoms with Gasteiger partial charge in [0, 0.05) is 5.56 Å². The van der Waals surface area contributed by atoms with Crippen LogP contribution in [-0.2, 0) is 9.84 Å². The van der Waals surface area contributed by atoms with Crippen LogP contribution >= 0.6 is 0 Å². The lowest BCUT2D eigenvalue weighted by Gasteiger charge is -2.02. The van der Waals surface area contributed by atoms with E-state index in [1.165, 1.54) is 24.3 Å². The van der Waals surface area contributed by atoms with Crippen molar-refractivity contribution in [2.24, 2.45) is 5.73 Å². The van der Waals surface area contributed by atoms with Crippen molar-refractivity contribution < 1.29 is 13.2 Å². The van der Waals surface area contributed by atoms with Crippen molar-refractivity contribution in [3.05, 3.63) is 29.8 Å². The van der Waals surface area contributed by atoms with Gasteiger partial charge in [-0.05, 0) is 30.7 Å². The summed E-state index contributed by atoms with van der Waals surface area (Å²) in [6, 6.07) is 5.66. The number of benzene rings is 1. The number of sulfone groups is 1. The predicted octanol–water partition coefficient (Wildman–Crippen LogP) is 0.969. The fraction of sp³-hybridized carbons (Fsp3) is 0.300. The summed E-state index contributed by atoms with van der Waals surface area (Å²) in [6.45, 7) is 1.80. The molecule has 4 nitrogen and oxygen atoms in total. The lowest BCUT2D eigenvalue weighted by molar-refractivity contribution is 0.1000. The zero-order chi connectivity index (χ0) is 11.5. The molecule has 1 aromatic carbocycles. The van der Waals surface area contributed by atoms with Crippen molar-refractivity contribution in [1.29, 1.82) is 0 Å². The number of primary amides is 1. The Morgan fingerprint density at radius 3 is 2.20 bits per heavy atom. The molecule has 0 aliphatic heterocycles. The van der Waals surface area contributed by atoms with Gasteiger partial charge in [0.1, 0.15) is 0 Å². The van der Waals surface area contributed by atoms with E-state index in [9.17, 15) is 13.2 Å². The molecule has 1 rings (SSSR count). The smallest absolute Gasteiger partial charge is 0.248 e. The first-order chi connectivity index (χ1) is 6.97. The number of nitrogens with two attached hydrogens (primary N) is 1. The highest BCUT2D eigenvalue weighted by Crippen LogP contribution is 2.12. The van der Waals surface area contributed by atoms with Crippen molar-refractivity contribution in [3.63, 3.8) is 0 Å². The maximum Gasteiger partial charge on any atom is 0.248 e. The van der Waals surface area contributed by atoms with E-state index in [0.29, 0.717) is 12.0 Å². The molecule has 5 heteroatoms. The van der Waals surface area contributed by atoms with Crippen LogP contribution in [0.5, 0.6) is 0 Å².